The molecule has 0 unspecified atom stereocenters. The minimum absolute atomic E-state index is 0.534. The van der Waals surface area contributed by atoms with Crippen LogP contribution in [0.3, 0.4) is 0 Å². The molecule has 0 fully saturated rings. The molecule has 0 bridgehead atoms. The lowest BCUT2D eigenvalue weighted by molar-refractivity contribution is 1.16. The van der Waals surface area contributed by atoms with E-state index < -0.39 is 0 Å². The van der Waals surface area contributed by atoms with Gasteiger partial charge in [-0.2, -0.15) is 5.26 Å². The van der Waals surface area contributed by atoms with E-state index in [0.717, 1.165) is 66.1 Å². The van der Waals surface area contributed by atoms with Crippen LogP contribution in [0.5, 0.6) is 0 Å². The van der Waals surface area contributed by atoms with Gasteiger partial charge in [-0.1, -0.05) is 84.9 Å². The van der Waals surface area contributed by atoms with Crippen LogP contribution in [0.4, 0.5) is 5.69 Å². The molecule has 0 amide bonds. The summed E-state index contributed by atoms with van der Waals surface area (Å²) in [6.45, 7) is 8.23. The Morgan fingerprint density at radius 3 is 1.48 bits per heavy atom. The molecule has 4 nitrogen and oxygen atoms in total. The smallest absolute Gasteiger partial charge is 0.197 e. The first-order valence-corrected chi connectivity index (χ1v) is 13.8. The highest BCUT2D eigenvalue weighted by molar-refractivity contribution is 6.12. The van der Waals surface area contributed by atoms with E-state index in [4.69, 9.17) is 6.57 Å². The van der Waals surface area contributed by atoms with Crippen LogP contribution in [0.1, 0.15) is 5.56 Å². The third kappa shape index (κ3) is 3.33. The summed E-state index contributed by atoms with van der Waals surface area (Å²) in [7, 11) is 0. The molecule has 194 valence electrons. The number of hydrogen-bond acceptors (Lipinski definition) is 1. The fourth-order valence-electron chi connectivity index (χ4n) is 6.45. The summed E-state index contributed by atoms with van der Waals surface area (Å²) in [6, 6.07) is 47.6. The molecule has 8 rings (SSSR count). The van der Waals surface area contributed by atoms with Crippen LogP contribution < -0.4 is 0 Å². The molecule has 0 aliphatic rings. The van der Waals surface area contributed by atoms with Gasteiger partial charge in [0.2, 0.25) is 0 Å². The van der Waals surface area contributed by atoms with Gasteiger partial charge in [-0.05, 0) is 54.1 Å². The van der Waals surface area contributed by atoms with Gasteiger partial charge in [-0.25, -0.2) is 4.85 Å². The van der Waals surface area contributed by atoms with Gasteiger partial charge in [0.05, 0.1) is 46.0 Å². The van der Waals surface area contributed by atoms with E-state index in [-0.39, 0.29) is 0 Å². The van der Waals surface area contributed by atoms with E-state index in [2.05, 4.69) is 123 Å². The van der Waals surface area contributed by atoms with Gasteiger partial charge in [-0.15, -0.1) is 0 Å². The predicted molar refractivity (Wildman–Crippen MR) is 172 cm³/mol. The lowest BCUT2D eigenvalue weighted by atomic mass is 9.97. The lowest BCUT2D eigenvalue weighted by Gasteiger charge is -2.20. The first-order chi connectivity index (χ1) is 20.8. The highest BCUT2D eigenvalue weighted by Gasteiger charge is 2.22. The number of benzene rings is 6. The Hall–Kier alpha value is -6.10. The Kier molecular flexibility index (Phi) is 5.22. The second-order valence-corrected chi connectivity index (χ2v) is 10.4. The third-order valence-corrected chi connectivity index (χ3v) is 8.18. The van der Waals surface area contributed by atoms with Crippen LogP contribution in [0, 0.1) is 17.9 Å². The fourth-order valence-corrected chi connectivity index (χ4v) is 6.45. The fraction of sp³-hybridized carbons (Fsp3) is 0. The van der Waals surface area contributed by atoms with Crippen LogP contribution in [-0.4, -0.2) is 9.13 Å². The van der Waals surface area contributed by atoms with Gasteiger partial charge in [0.1, 0.15) is 0 Å². The van der Waals surface area contributed by atoms with E-state index in [1.165, 1.54) is 0 Å². The van der Waals surface area contributed by atoms with Crippen LogP contribution in [0.15, 0.2) is 133 Å². The van der Waals surface area contributed by atoms with Crippen molar-refractivity contribution in [3.05, 3.63) is 150 Å². The second kappa shape index (κ2) is 9.24. The second-order valence-electron chi connectivity index (χ2n) is 10.4. The van der Waals surface area contributed by atoms with E-state index in [1.807, 2.05) is 30.3 Å². The number of fused-ring (bicyclic) bond motifs is 6. The molecular formula is C38H22N4. The minimum Gasteiger partial charge on any atom is -0.310 e. The quantitative estimate of drug-likeness (QED) is 0.208. The largest absolute Gasteiger partial charge is 0.310 e. The molecule has 2 aromatic heterocycles. The molecule has 0 saturated heterocycles. The molecule has 6 aromatic carbocycles. The van der Waals surface area contributed by atoms with Crippen molar-refractivity contribution in [1.29, 1.82) is 5.26 Å². The average Bonchev–Trinajstić information content (AvgIpc) is 3.57. The Bertz CT molecular complexity index is 2340. The molecule has 8 aromatic rings. The van der Waals surface area contributed by atoms with Crippen LogP contribution in [-0.2, 0) is 0 Å². The third-order valence-electron chi connectivity index (χ3n) is 8.18. The average molecular weight is 535 g/mol. The van der Waals surface area contributed by atoms with Crippen molar-refractivity contribution in [2.24, 2.45) is 0 Å². The highest BCUT2D eigenvalue weighted by Crippen LogP contribution is 2.44. The number of hydrogen-bond donors (Lipinski definition) is 0. The highest BCUT2D eigenvalue weighted by atomic mass is 15.0. The van der Waals surface area contributed by atoms with E-state index in [0.29, 0.717) is 11.3 Å². The molecule has 4 heteroatoms. The Balaban J connectivity index is 1.54. The maximum Gasteiger partial charge on any atom is 0.197 e. The zero-order valence-corrected chi connectivity index (χ0v) is 22.5. The van der Waals surface area contributed by atoms with Gasteiger partial charge < -0.3 is 9.13 Å². The van der Waals surface area contributed by atoms with E-state index in [1.54, 1.807) is 0 Å². The molecule has 2 heterocycles. The number of nitrogens with zero attached hydrogens (tertiary/aromatic N) is 4. The standard InChI is InChI=1S/C38H22N4/c1-40-31-15-10-20-37(42-34-18-8-4-13-28(34)29-14-5-9-19-35(29)42)38(31)30-23-25(24-39)21-22-36(30)41-32-16-6-2-11-26(32)27-12-3-7-17-33(27)41/h2-23H. The molecule has 0 N–H and O–H groups in total. The minimum atomic E-state index is 0.534. The van der Waals surface area contributed by atoms with E-state index >= 15 is 0 Å². The number of rotatable bonds is 3. The van der Waals surface area contributed by atoms with Crippen LogP contribution in [0.2, 0.25) is 0 Å². The zero-order chi connectivity index (χ0) is 28.2. The summed E-state index contributed by atoms with van der Waals surface area (Å²) in [5, 5.41) is 14.6. The van der Waals surface area contributed by atoms with Crippen molar-refractivity contribution in [2.75, 3.05) is 0 Å². The number of aromatic nitrogens is 2. The molecule has 0 saturated carbocycles. The summed E-state index contributed by atoms with van der Waals surface area (Å²) in [5.41, 5.74) is 8.81. The maximum atomic E-state index is 10.0. The Morgan fingerprint density at radius 2 is 1.00 bits per heavy atom. The summed E-state index contributed by atoms with van der Waals surface area (Å²) in [5.74, 6) is 0. The lowest BCUT2D eigenvalue weighted by Crippen LogP contribution is -2.02. The van der Waals surface area contributed by atoms with E-state index in [9.17, 15) is 5.26 Å². The Morgan fingerprint density at radius 1 is 0.524 bits per heavy atom. The molecule has 42 heavy (non-hydrogen) atoms. The molecule has 0 radical (unpaired) electrons. The molecular weight excluding hydrogens is 512 g/mol. The topological polar surface area (TPSA) is 38.0 Å². The summed E-state index contributed by atoms with van der Waals surface area (Å²) >= 11 is 0. The van der Waals surface area contributed by atoms with Crippen molar-refractivity contribution in [3.63, 3.8) is 0 Å². The molecule has 0 atom stereocenters. The zero-order valence-electron chi connectivity index (χ0n) is 22.5. The maximum absolute atomic E-state index is 10.0. The van der Waals surface area contributed by atoms with Gasteiger partial charge in [0.15, 0.2) is 5.69 Å². The van der Waals surface area contributed by atoms with Crippen molar-refractivity contribution in [3.8, 4) is 28.6 Å². The van der Waals surface area contributed by atoms with Gasteiger partial charge in [-0.3, -0.25) is 0 Å². The van der Waals surface area contributed by atoms with Gasteiger partial charge in [0, 0.05) is 32.8 Å². The summed E-state index contributed by atoms with van der Waals surface area (Å²) in [4.78, 5) is 4.02. The van der Waals surface area contributed by atoms with Crippen molar-refractivity contribution in [1.82, 2.24) is 9.13 Å². The van der Waals surface area contributed by atoms with Gasteiger partial charge in [0.25, 0.3) is 0 Å². The summed E-state index contributed by atoms with van der Waals surface area (Å²) < 4.78 is 4.51. The van der Waals surface area contributed by atoms with Gasteiger partial charge >= 0.3 is 0 Å². The van der Waals surface area contributed by atoms with Crippen molar-refractivity contribution < 1.29 is 0 Å². The Labute approximate surface area is 242 Å². The number of para-hydroxylation sites is 4. The SMILES string of the molecule is [C-]#[N+]c1cccc(-n2c3ccccc3c3ccccc32)c1-c1cc(C#N)ccc1-n1c2ccccc2c2ccccc21. The normalized spacial score (nSPS) is 11.3. The van der Waals surface area contributed by atoms with Crippen LogP contribution in [0.25, 0.3) is 71.0 Å². The number of nitriles is 1. The summed E-state index contributed by atoms with van der Waals surface area (Å²) in [6.07, 6.45) is 0. The molecule has 0 aliphatic heterocycles. The first kappa shape index (κ1) is 23.8. The van der Waals surface area contributed by atoms with Crippen LogP contribution >= 0.6 is 0 Å². The molecule has 0 spiro atoms. The predicted octanol–water partition coefficient (Wildman–Crippen LogP) is 9.97. The monoisotopic (exact) mass is 534 g/mol. The van der Waals surface area contributed by atoms with Crippen molar-refractivity contribution >= 4 is 49.3 Å². The van der Waals surface area contributed by atoms with Crippen molar-refractivity contribution in [2.45, 2.75) is 0 Å². The first-order valence-electron chi connectivity index (χ1n) is 13.8. The molecule has 0 aliphatic carbocycles.